The Kier molecular flexibility index (Phi) is 1.70. The highest BCUT2D eigenvalue weighted by Gasteiger charge is 2.08. The summed E-state index contributed by atoms with van der Waals surface area (Å²) in [5, 5.41) is 3.74. The summed E-state index contributed by atoms with van der Waals surface area (Å²) in [4.78, 5) is 8.20. The summed E-state index contributed by atoms with van der Waals surface area (Å²) in [7, 11) is 0. The quantitative estimate of drug-likeness (QED) is 0.701. The summed E-state index contributed by atoms with van der Waals surface area (Å²) >= 11 is 0. The van der Waals surface area contributed by atoms with Gasteiger partial charge in [0, 0.05) is 18.5 Å². The molecule has 0 radical (unpaired) electrons. The number of rotatable bonds is 1. The van der Waals surface area contributed by atoms with Gasteiger partial charge in [0.15, 0.2) is 0 Å². The number of nitrogen functional groups attached to an aromatic ring is 1. The van der Waals surface area contributed by atoms with Crippen LogP contribution in [0.3, 0.4) is 0 Å². The lowest BCUT2D eigenvalue weighted by Gasteiger charge is -1.96. The van der Waals surface area contributed by atoms with Crippen LogP contribution in [-0.4, -0.2) is 15.1 Å². The molecule has 0 atom stereocenters. The van der Waals surface area contributed by atoms with Crippen LogP contribution >= 0.6 is 0 Å². The van der Waals surface area contributed by atoms with Gasteiger partial charge in [0.05, 0.1) is 5.69 Å². The summed E-state index contributed by atoms with van der Waals surface area (Å²) in [6.07, 6.45) is 3.23. The molecular weight excluding hydrogens is 168 g/mol. The Balaban J connectivity index is 2.52. The third-order valence-electron chi connectivity index (χ3n) is 1.65. The number of aromatic nitrogens is 3. The van der Waals surface area contributed by atoms with E-state index >= 15 is 0 Å². The van der Waals surface area contributed by atoms with Gasteiger partial charge in [-0.25, -0.2) is 0 Å². The van der Waals surface area contributed by atoms with Crippen molar-refractivity contribution in [2.45, 2.75) is 6.92 Å². The van der Waals surface area contributed by atoms with Crippen molar-refractivity contribution in [3.63, 3.8) is 0 Å². The Hall–Kier alpha value is -1.91. The molecule has 2 rings (SSSR count). The smallest absolute Gasteiger partial charge is 0.222 e. The molecule has 0 amide bonds. The number of aryl methyl sites for hydroxylation is 1. The highest BCUT2D eigenvalue weighted by Crippen LogP contribution is 2.19. The minimum Gasteiger partial charge on any atom is -0.368 e. The largest absolute Gasteiger partial charge is 0.368 e. The van der Waals surface area contributed by atoms with E-state index in [0.717, 1.165) is 5.69 Å². The molecule has 0 spiro atoms. The second-order valence-electron chi connectivity index (χ2n) is 2.60. The predicted octanol–water partition coefficient (Wildman–Crippen LogP) is 1.02. The second-order valence-corrected chi connectivity index (χ2v) is 2.60. The summed E-state index contributed by atoms with van der Waals surface area (Å²) in [6, 6.07) is 1.62. The number of anilines is 1. The summed E-state index contributed by atoms with van der Waals surface area (Å²) < 4.78 is 4.73. The van der Waals surface area contributed by atoms with Crippen molar-refractivity contribution in [1.29, 1.82) is 0 Å². The van der Waals surface area contributed by atoms with Gasteiger partial charge in [0.1, 0.15) is 11.4 Å². The molecule has 0 aliphatic rings. The molecule has 66 valence electrons. The van der Waals surface area contributed by atoms with Gasteiger partial charge in [-0.2, -0.15) is 0 Å². The lowest BCUT2D eigenvalue weighted by Crippen LogP contribution is -1.90. The van der Waals surface area contributed by atoms with Crippen molar-refractivity contribution >= 4 is 5.88 Å². The first-order valence-corrected chi connectivity index (χ1v) is 3.77. The number of hydrogen-bond acceptors (Lipinski definition) is 5. The van der Waals surface area contributed by atoms with E-state index in [4.69, 9.17) is 10.3 Å². The standard InChI is InChI=1S/C8H8N4O/c1-5-8(11-3-2-10-5)6-4-7(9)13-12-6/h2-4H,9H2,1H3. The van der Waals surface area contributed by atoms with Crippen LogP contribution in [0, 0.1) is 6.92 Å². The van der Waals surface area contributed by atoms with Gasteiger partial charge in [0.2, 0.25) is 5.88 Å². The summed E-state index contributed by atoms with van der Waals surface area (Å²) in [5.41, 5.74) is 7.50. The molecule has 0 saturated heterocycles. The first-order chi connectivity index (χ1) is 6.27. The topological polar surface area (TPSA) is 77.8 Å². The van der Waals surface area contributed by atoms with Gasteiger partial charge < -0.3 is 10.3 Å². The highest BCUT2D eigenvalue weighted by molar-refractivity contribution is 5.58. The molecular formula is C8H8N4O. The Labute approximate surface area is 74.6 Å². The Bertz CT molecular complexity index is 424. The van der Waals surface area contributed by atoms with E-state index in [1.807, 2.05) is 6.92 Å². The van der Waals surface area contributed by atoms with E-state index in [-0.39, 0.29) is 5.88 Å². The van der Waals surface area contributed by atoms with Gasteiger partial charge in [-0.05, 0) is 6.92 Å². The molecule has 0 saturated carbocycles. The molecule has 0 aliphatic heterocycles. The van der Waals surface area contributed by atoms with E-state index in [2.05, 4.69) is 15.1 Å². The molecule has 0 unspecified atom stereocenters. The minimum absolute atomic E-state index is 0.278. The molecule has 5 heteroatoms. The van der Waals surface area contributed by atoms with Crippen LogP contribution in [0.15, 0.2) is 23.0 Å². The lowest BCUT2D eigenvalue weighted by atomic mass is 10.2. The van der Waals surface area contributed by atoms with Crippen LogP contribution in [0.4, 0.5) is 5.88 Å². The fourth-order valence-electron chi connectivity index (χ4n) is 1.06. The van der Waals surface area contributed by atoms with Crippen LogP contribution in [0.2, 0.25) is 0 Å². The van der Waals surface area contributed by atoms with Crippen LogP contribution < -0.4 is 5.73 Å². The summed E-state index contributed by atoms with van der Waals surface area (Å²) in [5.74, 6) is 0.278. The predicted molar refractivity (Wildman–Crippen MR) is 46.7 cm³/mol. The van der Waals surface area contributed by atoms with Crippen molar-refractivity contribution < 1.29 is 4.52 Å². The average Bonchev–Trinajstić information content (AvgIpc) is 2.53. The van der Waals surface area contributed by atoms with E-state index in [9.17, 15) is 0 Å². The van der Waals surface area contributed by atoms with Crippen molar-refractivity contribution in [3.05, 3.63) is 24.2 Å². The van der Waals surface area contributed by atoms with E-state index in [1.165, 1.54) is 0 Å². The fraction of sp³-hybridized carbons (Fsp3) is 0.125. The lowest BCUT2D eigenvalue weighted by molar-refractivity contribution is 0.439. The first kappa shape index (κ1) is 7.72. The van der Waals surface area contributed by atoms with Crippen molar-refractivity contribution in [2.24, 2.45) is 0 Å². The molecule has 2 aromatic heterocycles. The normalized spacial score (nSPS) is 10.2. The van der Waals surface area contributed by atoms with E-state index in [1.54, 1.807) is 18.5 Å². The number of nitrogens with zero attached hydrogens (tertiary/aromatic N) is 3. The Morgan fingerprint density at radius 2 is 2.08 bits per heavy atom. The van der Waals surface area contributed by atoms with Crippen LogP contribution in [-0.2, 0) is 0 Å². The highest BCUT2D eigenvalue weighted by atomic mass is 16.5. The molecule has 5 nitrogen and oxygen atoms in total. The van der Waals surface area contributed by atoms with Crippen LogP contribution in [0.1, 0.15) is 5.69 Å². The zero-order chi connectivity index (χ0) is 9.26. The van der Waals surface area contributed by atoms with Crippen molar-refractivity contribution in [2.75, 3.05) is 5.73 Å². The fourth-order valence-corrected chi connectivity index (χ4v) is 1.06. The van der Waals surface area contributed by atoms with Crippen LogP contribution in [0.25, 0.3) is 11.4 Å². The number of hydrogen-bond donors (Lipinski definition) is 1. The molecule has 2 heterocycles. The van der Waals surface area contributed by atoms with Gasteiger partial charge in [-0.1, -0.05) is 5.16 Å². The summed E-state index contributed by atoms with van der Waals surface area (Å²) in [6.45, 7) is 1.85. The molecule has 2 N–H and O–H groups in total. The second kappa shape index (κ2) is 2.85. The molecule has 0 aliphatic carbocycles. The van der Waals surface area contributed by atoms with Gasteiger partial charge in [-0.15, -0.1) is 0 Å². The maximum Gasteiger partial charge on any atom is 0.222 e. The van der Waals surface area contributed by atoms with Gasteiger partial charge in [0.25, 0.3) is 0 Å². The first-order valence-electron chi connectivity index (χ1n) is 3.77. The van der Waals surface area contributed by atoms with Gasteiger partial charge in [-0.3, -0.25) is 9.97 Å². The van der Waals surface area contributed by atoms with E-state index in [0.29, 0.717) is 11.4 Å². The maximum atomic E-state index is 5.39. The Morgan fingerprint density at radius 1 is 1.31 bits per heavy atom. The van der Waals surface area contributed by atoms with Crippen molar-refractivity contribution in [3.8, 4) is 11.4 Å². The monoisotopic (exact) mass is 176 g/mol. The van der Waals surface area contributed by atoms with Crippen molar-refractivity contribution in [1.82, 2.24) is 15.1 Å². The molecule has 0 fully saturated rings. The average molecular weight is 176 g/mol. The SMILES string of the molecule is Cc1nccnc1-c1cc(N)on1. The molecule has 0 aromatic carbocycles. The number of nitrogens with two attached hydrogens (primary N) is 1. The van der Waals surface area contributed by atoms with Gasteiger partial charge >= 0.3 is 0 Å². The Morgan fingerprint density at radius 3 is 2.69 bits per heavy atom. The van der Waals surface area contributed by atoms with Crippen LogP contribution in [0.5, 0.6) is 0 Å². The third-order valence-corrected chi connectivity index (χ3v) is 1.65. The van der Waals surface area contributed by atoms with E-state index < -0.39 is 0 Å². The molecule has 2 aromatic rings. The molecule has 13 heavy (non-hydrogen) atoms. The zero-order valence-corrected chi connectivity index (χ0v) is 7.06. The zero-order valence-electron chi connectivity index (χ0n) is 7.06. The maximum absolute atomic E-state index is 5.39. The molecule has 0 bridgehead atoms. The third kappa shape index (κ3) is 1.35. The minimum atomic E-state index is 0.278.